The van der Waals surface area contributed by atoms with E-state index in [0.29, 0.717) is 16.2 Å². The van der Waals surface area contributed by atoms with Crippen molar-refractivity contribution in [3.05, 3.63) is 96.1 Å². The summed E-state index contributed by atoms with van der Waals surface area (Å²) in [6.45, 7) is 0. The van der Waals surface area contributed by atoms with Gasteiger partial charge in [-0.15, -0.1) is 0 Å². The Morgan fingerprint density at radius 1 is 0.846 bits per heavy atom. The van der Waals surface area contributed by atoms with Crippen LogP contribution in [0.25, 0.3) is 0 Å². The molecule has 0 atom stereocenters. The van der Waals surface area contributed by atoms with Crippen molar-refractivity contribution in [1.82, 2.24) is 0 Å². The average molecular weight is 363 g/mol. The number of carbonyl (C=O) groups excluding carboxylic acids is 1. The van der Waals surface area contributed by atoms with Gasteiger partial charge in [-0.1, -0.05) is 48.5 Å². The van der Waals surface area contributed by atoms with Crippen molar-refractivity contribution < 1.29 is 14.1 Å². The van der Waals surface area contributed by atoms with Crippen LogP contribution in [0.5, 0.6) is 0 Å². The second-order valence-electron chi connectivity index (χ2n) is 5.61. The van der Waals surface area contributed by atoms with Gasteiger partial charge in [-0.05, 0) is 42.0 Å². The number of rotatable bonds is 5. The SMILES string of the molecule is COC(=O)c1ccc(/C=N/P(=O)(c2ccccc2)c2ccccc2)cc1. The number of benzene rings is 3. The zero-order valence-corrected chi connectivity index (χ0v) is 15.2. The number of nitrogens with zero attached hydrogens (tertiary/aromatic N) is 1. The molecule has 0 saturated heterocycles. The van der Waals surface area contributed by atoms with Crippen LogP contribution in [0.2, 0.25) is 0 Å². The van der Waals surface area contributed by atoms with E-state index < -0.39 is 13.3 Å². The topological polar surface area (TPSA) is 55.7 Å². The Kier molecular flexibility index (Phi) is 5.45. The molecule has 0 radical (unpaired) electrons. The lowest BCUT2D eigenvalue weighted by Gasteiger charge is -2.14. The van der Waals surface area contributed by atoms with E-state index in [1.54, 1.807) is 30.5 Å². The second kappa shape index (κ2) is 7.94. The van der Waals surface area contributed by atoms with Gasteiger partial charge in [-0.3, -0.25) is 4.57 Å². The van der Waals surface area contributed by atoms with Gasteiger partial charge >= 0.3 is 5.97 Å². The molecule has 0 aliphatic heterocycles. The van der Waals surface area contributed by atoms with Gasteiger partial charge in [0.25, 0.3) is 0 Å². The fourth-order valence-electron chi connectivity index (χ4n) is 2.51. The van der Waals surface area contributed by atoms with Gasteiger partial charge in [-0.25, -0.2) is 9.56 Å². The maximum Gasteiger partial charge on any atom is 0.337 e. The van der Waals surface area contributed by atoms with Crippen molar-refractivity contribution in [2.24, 2.45) is 4.76 Å². The summed E-state index contributed by atoms with van der Waals surface area (Å²) in [5.74, 6) is -0.396. The molecule has 0 saturated carbocycles. The molecule has 0 bridgehead atoms. The zero-order chi connectivity index (χ0) is 18.4. The molecular weight excluding hydrogens is 345 g/mol. The lowest BCUT2D eigenvalue weighted by Crippen LogP contribution is -2.14. The highest BCUT2D eigenvalue weighted by Gasteiger charge is 2.25. The Bertz CT molecular complexity index is 908. The van der Waals surface area contributed by atoms with Crippen molar-refractivity contribution in [2.75, 3.05) is 7.11 Å². The lowest BCUT2D eigenvalue weighted by molar-refractivity contribution is 0.0600. The van der Waals surface area contributed by atoms with Gasteiger partial charge in [0.15, 0.2) is 0 Å². The summed E-state index contributed by atoms with van der Waals surface area (Å²) in [5.41, 5.74) is 1.21. The molecule has 0 aromatic heterocycles. The summed E-state index contributed by atoms with van der Waals surface area (Å²) >= 11 is 0. The number of esters is 1. The molecule has 3 aromatic carbocycles. The Morgan fingerprint density at radius 2 is 1.35 bits per heavy atom. The van der Waals surface area contributed by atoms with E-state index in [4.69, 9.17) is 0 Å². The van der Waals surface area contributed by atoms with E-state index in [2.05, 4.69) is 9.50 Å². The monoisotopic (exact) mass is 363 g/mol. The molecule has 5 heteroatoms. The van der Waals surface area contributed by atoms with Crippen LogP contribution in [-0.2, 0) is 9.30 Å². The molecule has 0 spiro atoms. The van der Waals surface area contributed by atoms with Crippen LogP contribution in [0.3, 0.4) is 0 Å². The van der Waals surface area contributed by atoms with Crippen LogP contribution in [0.4, 0.5) is 0 Å². The molecule has 130 valence electrons. The van der Waals surface area contributed by atoms with Crippen molar-refractivity contribution in [3.63, 3.8) is 0 Å². The van der Waals surface area contributed by atoms with E-state index in [0.717, 1.165) is 5.56 Å². The van der Waals surface area contributed by atoms with E-state index in [-0.39, 0.29) is 0 Å². The molecule has 0 aliphatic carbocycles. The van der Waals surface area contributed by atoms with Crippen LogP contribution in [0.1, 0.15) is 15.9 Å². The Labute approximate surface area is 152 Å². The van der Waals surface area contributed by atoms with Crippen molar-refractivity contribution >= 4 is 30.1 Å². The van der Waals surface area contributed by atoms with Crippen LogP contribution in [0, 0.1) is 0 Å². The number of carbonyl (C=O) groups is 1. The summed E-state index contributed by atoms with van der Waals surface area (Å²) in [6.07, 6.45) is 1.59. The van der Waals surface area contributed by atoms with Gasteiger partial charge in [0, 0.05) is 16.8 Å². The van der Waals surface area contributed by atoms with Crippen LogP contribution in [-0.4, -0.2) is 19.3 Å². The maximum absolute atomic E-state index is 13.7. The van der Waals surface area contributed by atoms with Gasteiger partial charge in [0.1, 0.15) is 0 Å². The quantitative estimate of drug-likeness (QED) is 0.393. The molecule has 0 heterocycles. The predicted molar refractivity (Wildman–Crippen MR) is 105 cm³/mol. The summed E-state index contributed by atoms with van der Waals surface area (Å²) < 4.78 is 22.9. The van der Waals surface area contributed by atoms with Crippen molar-refractivity contribution in [1.29, 1.82) is 0 Å². The van der Waals surface area contributed by atoms with E-state index in [1.807, 2.05) is 60.7 Å². The highest BCUT2D eigenvalue weighted by Crippen LogP contribution is 2.44. The van der Waals surface area contributed by atoms with Crippen LogP contribution < -0.4 is 10.6 Å². The summed E-state index contributed by atoms with van der Waals surface area (Å²) in [4.78, 5) is 11.5. The van der Waals surface area contributed by atoms with Gasteiger partial charge in [-0.2, -0.15) is 0 Å². The Morgan fingerprint density at radius 3 is 1.81 bits per heavy atom. The molecule has 0 unspecified atom stereocenters. The summed E-state index contributed by atoms with van der Waals surface area (Å²) in [5, 5.41) is 1.35. The first kappa shape index (κ1) is 17.8. The van der Waals surface area contributed by atoms with Crippen LogP contribution in [0.15, 0.2) is 89.7 Å². The Hall–Kier alpha value is -2.97. The average Bonchev–Trinajstić information content (AvgIpc) is 2.73. The first-order chi connectivity index (χ1) is 12.6. The zero-order valence-electron chi connectivity index (χ0n) is 14.3. The summed E-state index contributed by atoms with van der Waals surface area (Å²) in [6, 6.07) is 25.3. The maximum atomic E-state index is 13.7. The smallest absolute Gasteiger partial charge is 0.337 e. The molecule has 0 fully saturated rings. The minimum atomic E-state index is -3.15. The van der Waals surface area contributed by atoms with Gasteiger partial charge < -0.3 is 4.74 Å². The van der Waals surface area contributed by atoms with Gasteiger partial charge in [0.2, 0.25) is 7.29 Å². The molecule has 0 amide bonds. The molecule has 0 aliphatic rings. The third-order valence-corrected chi connectivity index (χ3v) is 6.35. The van der Waals surface area contributed by atoms with E-state index in [1.165, 1.54) is 7.11 Å². The van der Waals surface area contributed by atoms with E-state index in [9.17, 15) is 9.36 Å². The minimum Gasteiger partial charge on any atom is -0.465 e. The molecular formula is C21H18NO3P. The Balaban J connectivity index is 1.98. The van der Waals surface area contributed by atoms with Crippen molar-refractivity contribution in [3.8, 4) is 0 Å². The number of ether oxygens (including phenoxy) is 1. The standard InChI is InChI=1S/C21H18NO3P/c1-25-21(23)18-14-12-17(13-15-18)16-22-26(24,19-8-4-2-5-9-19)20-10-6-3-7-11-20/h2-16H,1H3/b22-16+. The molecule has 26 heavy (non-hydrogen) atoms. The summed E-state index contributed by atoms with van der Waals surface area (Å²) in [7, 11) is -1.81. The predicted octanol–water partition coefficient (Wildman–Crippen LogP) is 3.82. The number of hydrogen-bond donors (Lipinski definition) is 0. The minimum absolute atomic E-state index is 0.396. The molecule has 4 nitrogen and oxygen atoms in total. The normalized spacial score (nSPS) is 11.4. The second-order valence-corrected chi connectivity index (χ2v) is 8.02. The lowest BCUT2D eigenvalue weighted by atomic mass is 10.1. The third-order valence-electron chi connectivity index (χ3n) is 3.91. The molecule has 0 N–H and O–H groups in total. The molecule has 3 aromatic rings. The van der Waals surface area contributed by atoms with Crippen LogP contribution >= 0.6 is 7.29 Å². The molecule has 3 rings (SSSR count). The number of hydrogen-bond acceptors (Lipinski definition) is 3. The third kappa shape index (κ3) is 3.81. The fraction of sp³-hybridized carbons (Fsp3) is 0.0476. The highest BCUT2D eigenvalue weighted by molar-refractivity contribution is 7.77. The fourth-order valence-corrected chi connectivity index (χ4v) is 4.53. The largest absolute Gasteiger partial charge is 0.465 e. The van der Waals surface area contributed by atoms with Gasteiger partial charge in [0.05, 0.1) is 12.7 Å². The highest BCUT2D eigenvalue weighted by atomic mass is 31.2. The first-order valence-corrected chi connectivity index (χ1v) is 9.75. The first-order valence-electron chi connectivity index (χ1n) is 8.09. The van der Waals surface area contributed by atoms with E-state index >= 15 is 0 Å². The van der Waals surface area contributed by atoms with Crippen molar-refractivity contribution in [2.45, 2.75) is 0 Å². The number of methoxy groups -OCH3 is 1.